The molecule has 9 heteroatoms. The van der Waals surface area contributed by atoms with Crippen molar-refractivity contribution in [3.8, 4) is 11.3 Å². The van der Waals surface area contributed by atoms with Gasteiger partial charge in [-0.2, -0.15) is 10.1 Å². The molecule has 0 unspecified atom stereocenters. The predicted octanol–water partition coefficient (Wildman–Crippen LogP) is 4.63. The van der Waals surface area contributed by atoms with Crippen LogP contribution in [-0.2, 0) is 12.1 Å². The van der Waals surface area contributed by atoms with Gasteiger partial charge in [-0.25, -0.2) is 9.67 Å². The summed E-state index contributed by atoms with van der Waals surface area (Å²) in [6.45, 7) is 2.17. The van der Waals surface area contributed by atoms with Crippen molar-refractivity contribution in [3.63, 3.8) is 0 Å². The highest BCUT2D eigenvalue weighted by atomic mass is 16.5. The fourth-order valence-corrected chi connectivity index (χ4v) is 4.82. The van der Waals surface area contributed by atoms with Crippen LogP contribution in [0.25, 0.3) is 22.3 Å². The molecule has 0 atom stereocenters. The molecule has 1 fully saturated rings. The van der Waals surface area contributed by atoms with Crippen LogP contribution in [0.5, 0.6) is 0 Å². The first kappa shape index (κ1) is 21.3. The molecule has 6 rings (SSSR count). The number of aryl methyl sites for hydroxylation is 1. The van der Waals surface area contributed by atoms with Crippen molar-refractivity contribution in [3.05, 3.63) is 84.0 Å². The monoisotopic (exact) mass is 468 g/mol. The van der Waals surface area contributed by atoms with E-state index in [4.69, 9.17) is 13.9 Å². The molecular formula is C26H24N6O3. The van der Waals surface area contributed by atoms with Crippen LogP contribution in [0.3, 0.4) is 0 Å². The van der Waals surface area contributed by atoms with Gasteiger partial charge in [0.25, 0.3) is 5.91 Å². The Morgan fingerprint density at radius 1 is 1.11 bits per heavy atom. The lowest BCUT2D eigenvalue weighted by Gasteiger charge is -2.27. The number of benzene rings is 1. The first-order chi connectivity index (χ1) is 17.1. The molecule has 0 radical (unpaired) electrons. The van der Waals surface area contributed by atoms with Gasteiger partial charge in [0, 0.05) is 12.5 Å². The Hall–Kier alpha value is -4.27. The molecule has 4 aromatic heterocycles. The summed E-state index contributed by atoms with van der Waals surface area (Å²) >= 11 is 0. The lowest BCUT2D eigenvalue weighted by Crippen LogP contribution is -2.44. The van der Waals surface area contributed by atoms with Crippen LogP contribution in [0, 0.1) is 6.92 Å². The highest BCUT2D eigenvalue weighted by molar-refractivity contribution is 6.06. The smallest absolute Gasteiger partial charge is 0.252 e. The minimum Gasteiger partial charge on any atom is -0.467 e. The van der Waals surface area contributed by atoms with Gasteiger partial charge in [0.15, 0.2) is 11.5 Å². The Labute approximate surface area is 201 Å². The molecule has 35 heavy (non-hydrogen) atoms. The lowest BCUT2D eigenvalue weighted by atomic mass is 9.95. The number of pyridine rings is 1. The zero-order chi connectivity index (χ0) is 23.8. The number of rotatable bonds is 6. The molecule has 176 valence electrons. The molecule has 1 aliphatic rings. The van der Waals surface area contributed by atoms with Crippen LogP contribution in [0.4, 0.5) is 0 Å². The highest BCUT2D eigenvalue weighted by Gasteiger charge is 2.41. The van der Waals surface area contributed by atoms with E-state index in [2.05, 4.69) is 20.6 Å². The largest absolute Gasteiger partial charge is 0.467 e. The van der Waals surface area contributed by atoms with E-state index in [1.54, 1.807) is 24.1 Å². The summed E-state index contributed by atoms with van der Waals surface area (Å²) in [4.78, 5) is 23.2. The minimum atomic E-state index is -0.651. The first-order valence-electron chi connectivity index (χ1n) is 11.7. The number of hydrogen-bond acceptors (Lipinski definition) is 7. The van der Waals surface area contributed by atoms with Gasteiger partial charge in [-0.3, -0.25) is 4.79 Å². The van der Waals surface area contributed by atoms with E-state index in [0.29, 0.717) is 40.6 Å². The number of carbonyl (C=O) groups is 1. The molecule has 1 aromatic carbocycles. The second-order valence-electron chi connectivity index (χ2n) is 8.92. The SMILES string of the molecule is Cc1nc(C2(NC(=O)c3cc(-c4ccccc4)nc4c3cnn4Cc3ccco3)CCCC2)no1. The number of hydrogen-bond donors (Lipinski definition) is 1. The van der Waals surface area contributed by atoms with E-state index in [1.807, 2.05) is 48.5 Å². The van der Waals surface area contributed by atoms with E-state index < -0.39 is 5.54 Å². The third-order valence-corrected chi connectivity index (χ3v) is 6.57. The van der Waals surface area contributed by atoms with Gasteiger partial charge >= 0.3 is 0 Å². The zero-order valence-corrected chi connectivity index (χ0v) is 19.3. The Balaban J connectivity index is 1.45. The zero-order valence-electron chi connectivity index (χ0n) is 19.3. The van der Waals surface area contributed by atoms with Crippen molar-refractivity contribution in [2.75, 3.05) is 0 Å². The number of furan rings is 1. The molecular weight excluding hydrogens is 444 g/mol. The van der Waals surface area contributed by atoms with Gasteiger partial charge in [0.2, 0.25) is 5.89 Å². The summed E-state index contributed by atoms with van der Waals surface area (Å²) in [6.07, 6.45) is 6.80. The van der Waals surface area contributed by atoms with E-state index in [0.717, 1.165) is 37.0 Å². The van der Waals surface area contributed by atoms with Crippen molar-refractivity contribution in [1.82, 2.24) is 30.2 Å². The molecule has 5 aromatic rings. The maximum absolute atomic E-state index is 13.8. The molecule has 0 aliphatic heterocycles. The Bertz CT molecular complexity index is 1480. The Morgan fingerprint density at radius 3 is 2.66 bits per heavy atom. The van der Waals surface area contributed by atoms with E-state index >= 15 is 0 Å². The molecule has 1 aliphatic carbocycles. The van der Waals surface area contributed by atoms with Gasteiger partial charge in [-0.15, -0.1) is 0 Å². The lowest BCUT2D eigenvalue weighted by molar-refractivity contribution is 0.0893. The first-order valence-corrected chi connectivity index (χ1v) is 11.7. The fraction of sp³-hybridized carbons (Fsp3) is 0.269. The Morgan fingerprint density at radius 2 is 1.94 bits per heavy atom. The molecule has 1 amide bonds. The second-order valence-corrected chi connectivity index (χ2v) is 8.92. The van der Waals surface area contributed by atoms with Gasteiger partial charge in [0.05, 0.1) is 29.1 Å². The van der Waals surface area contributed by atoms with Crippen LogP contribution in [0.2, 0.25) is 0 Å². The van der Waals surface area contributed by atoms with Crippen LogP contribution in [-0.4, -0.2) is 30.8 Å². The average Bonchev–Trinajstić information content (AvgIpc) is 3.68. The maximum atomic E-state index is 13.8. The summed E-state index contributed by atoms with van der Waals surface area (Å²) < 4.78 is 12.5. The van der Waals surface area contributed by atoms with Crippen molar-refractivity contribution in [2.24, 2.45) is 0 Å². The molecule has 1 saturated carbocycles. The average molecular weight is 469 g/mol. The third kappa shape index (κ3) is 3.88. The maximum Gasteiger partial charge on any atom is 0.252 e. The van der Waals surface area contributed by atoms with Crippen molar-refractivity contribution >= 4 is 16.9 Å². The van der Waals surface area contributed by atoms with Crippen LogP contribution in [0.1, 0.15) is 53.5 Å². The number of carbonyl (C=O) groups excluding carboxylic acids is 1. The second kappa shape index (κ2) is 8.50. The minimum absolute atomic E-state index is 0.212. The summed E-state index contributed by atoms with van der Waals surface area (Å²) in [7, 11) is 0. The van der Waals surface area contributed by atoms with E-state index in [1.165, 1.54) is 0 Å². The molecule has 9 nitrogen and oxygen atoms in total. The number of amides is 1. The standard InChI is InChI=1S/C26H24N6O3/c1-17-28-25(31-35-17)26(11-5-6-12-26)30-24(33)20-14-22(18-8-3-2-4-9-18)29-23-21(20)15-27-32(23)16-19-10-7-13-34-19/h2-4,7-10,13-15H,5-6,11-12,16H2,1H3,(H,30,33). The van der Waals surface area contributed by atoms with Crippen molar-refractivity contribution in [1.29, 1.82) is 0 Å². The van der Waals surface area contributed by atoms with Crippen molar-refractivity contribution < 1.29 is 13.7 Å². The molecule has 0 saturated heterocycles. The van der Waals surface area contributed by atoms with Crippen LogP contribution >= 0.6 is 0 Å². The summed E-state index contributed by atoms with van der Waals surface area (Å²) in [5, 5.41) is 12.6. The number of fused-ring (bicyclic) bond motifs is 1. The van der Waals surface area contributed by atoms with Gasteiger partial charge in [-0.05, 0) is 31.0 Å². The van der Waals surface area contributed by atoms with E-state index in [-0.39, 0.29) is 5.91 Å². The normalized spacial score (nSPS) is 15.0. The predicted molar refractivity (Wildman–Crippen MR) is 127 cm³/mol. The molecule has 1 N–H and O–H groups in total. The summed E-state index contributed by atoms with van der Waals surface area (Å²) in [6, 6.07) is 15.4. The van der Waals surface area contributed by atoms with Gasteiger partial charge in [0.1, 0.15) is 17.8 Å². The molecule has 0 bridgehead atoms. The van der Waals surface area contributed by atoms with Gasteiger partial charge in [-0.1, -0.05) is 48.3 Å². The summed E-state index contributed by atoms with van der Waals surface area (Å²) in [5.74, 6) is 1.56. The number of nitrogens with zero attached hydrogens (tertiary/aromatic N) is 5. The third-order valence-electron chi connectivity index (χ3n) is 6.57. The summed E-state index contributed by atoms with van der Waals surface area (Å²) in [5.41, 5.74) is 2.08. The number of aromatic nitrogens is 5. The van der Waals surface area contributed by atoms with Crippen LogP contribution in [0.15, 0.2) is 69.9 Å². The quantitative estimate of drug-likeness (QED) is 0.387. The molecule has 4 heterocycles. The van der Waals surface area contributed by atoms with E-state index in [9.17, 15) is 4.79 Å². The van der Waals surface area contributed by atoms with Crippen molar-refractivity contribution in [2.45, 2.75) is 44.7 Å². The number of nitrogens with one attached hydrogen (secondary N) is 1. The fourth-order valence-electron chi connectivity index (χ4n) is 4.82. The highest BCUT2D eigenvalue weighted by Crippen LogP contribution is 2.38. The topological polar surface area (TPSA) is 112 Å². The van der Waals surface area contributed by atoms with Crippen LogP contribution < -0.4 is 5.32 Å². The Kier molecular flexibility index (Phi) is 5.17. The molecule has 0 spiro atoms. The van der Waals surface area contributed by atoms with Gasteiger partial charge < -0.3 is 14.3 Å².